The molecule has 2 nitrogen and oxygen atoms in total. The van der Waals surface area contributed by atoms with Crippen molar-refractivity contribution >= 4 is 16.8 Å². The van der Waals surface area contributed by atoms with Crippen LogP contribution in [0.5, 0.6) is 0 Å². The molecule has 0 bridgehead atoms. The summed E-state index contributed by atoms with van der Waals surface area (Å²) in [6.07, 6.45) is 5.80. The van der Waals surface area contributed by atoms with Crippen LogP contribution in [0.1, 0.15) is 12.8 Å². The van der Waals surface area contributed by atoms with Crippen LogP contribution < -0.4 is 0 Å². The topological polar surface area (TPSA) is 20.3 Å². The third kappa shape index (κ3) is 3.54. The number of rotatable bonds is 3. The molecule has 0 N–H and O–H groups in total. The molecule has 0 amide bonds. The molecule has 0 aromatic heterocycles. The highest BCUT2D eigenvalue weighted by atomic mass is 35.5. The van der Waals surface area contributed by atoms with Crippen molar-refractivity contribution in [1.82, 2.24) is 4.90 Å². The monoisotopic (exact) mass is 173 g/mol. The van der Waals surface area contributed by atoms with E-state index in [0.29, 0.717) is 0 Å². The number of hydrogen-bond donors (Lipinski definition) is 0. The second kappa shape index (κ2) is 4.52. The van der Waals surface area contributed by atoms with Gasteiger partial charge in [0, 0.05) is 6.54 Å². The van der Waals surface area contributed by atoms with Crippen molar-refractivity contribution < 1.29 is 4.79 Å². The fraction of sp³-hybridized carbons (Fsp3) is 0.625. The predicted molar refractivity (Wildman–Crippen MR) is 45.7 cm³/mol. The minimum atomic E-state index is -0.385. The number of allylic oxidation sites excluding steroid dienone is 1. The first kappa shape index (κ1) is 8.75. The Morgan fingerprint density at radius 3 is 2.64 bits per heavy atom. The van der Waals surface area contributed by atoms with E-state index >= 15 is 0 Å². The largest absolute Gasteiger partial charge is 0.300 e. The lowest BCUT2D eigenvalue weighted by Gasteiger charge is -2.09. The van der Waals surface area contributed by atoms with Crippen molar-refractivity contribution in [2.24, 2.45) is 0 Å². The van der Waals surface area contributed by atoms with E-state index in [2.05, 4.69) is 4.90 Å². The second-order valence-corrected chi connectivity index (χ2v) is 3.09. The highest BCUT2D eigenvalue weighted by molar-refractivity contribution is 6.66. The number of carbonyl (C=O) groups excluding carboxylic acids is 1. The van der Waals surface area contributed by atoms with Crippen molar-refractivity contribution in [3.8, 4) is 0 Å². The zero-order valence-electron chi connectivity index (χ0n) is 6.42. The number of carbonyl (C=O) groups is 1. The zero-order chi connectivity index (χ0) is 8.10. The lowest BCUT2D eigenvalue weighted by atomic mass is 10.4. The minimum Gasteiger partial charge on any atom is -0.300 e. The fourth-order valence-electron chi connectivity index (χ4n) is 1.26. The molecule has 0 unspecified atom stereocenters. The van der Waals surface area contributed by atoms with Crippen LogP contribution in [-0.2, 0) is 4.79 Å². The maximum absolute atomic E-state index is 10.3. The SMILES string of the molecule is O=C(Cl)C=CCN1CCCC1. The summed E-state index contributed by atoms with van der Waals surface area (Å²) in [6.45, 7) is 3.17. The van der Waals surface area contributed by atoms with E-state index in [9.17, 15) is 4.79 Å². The Kier molecular flexibility index (Phi) is 3.60. The van der Waals surface area contributed by atoms with Gasteiger partial charge in [-0.2, -0.15) is 0 Å². The Balaban J connectivity index is 2.15. The molecule has 3 heteroatoms. The summed E-state index contributed by atoms with van der Waals surface area (Å²) in [5.74, 6) is 0. The Bertz CT molecular complexity index is 161. The van der Waals surface area contributed by atoms with Crippen LogP contribution in [0.3, 0.4) is 0 Å². The van der Waals surface area contributed by atoms with Gasteiger partial charge < -0.3 is 0 Å². The number of likely N-dealkylation sites (tertiary alicyclic amines) is 1. The molecule has 0 saturated carbocycles. The van der Waals surface area contributed by atoms with Crippen molar-refractivity contribution in [3.63, 3.8) is 0 Å². The first-order chi connectivity index (χ1) is 5.29. The molecule has 0 spiro atoms. The highest BCUT2D eigenvalue weighted by Crippen LogP contribution is 2.06. The molecular formula is C8H12ClNO. The van der Waals surface area contributed by atoms with Crippen LogP contribution in [0.15, 0.2) is 12.2 Å². The van der Waals surface area contributed by atoms with Crippen molar-refractivity contribution in [3.05, 3.63) is 12.2 Å². The maximum atomic E-state index is 10.3. The van der Waals surface area contributed by atoms with Crippen LogP contribution in [-0.4, -0.2) is 29.8 Å². The van der Waals surface area contributed by atoms with Gasteiger partial charge in [-0.3, -0.25) is 9.69 Å². The lowest BCUT2D eigenvalue weighted by Crippen LogP contribution is -2.18. The molecule has 62 valence electrons. The molecule has 0 aromatic rings. The van der Waals surface area contributed by atoms with E-state index < -0.39 is 0 Å². The summed E-state index contributed by atoms with van der Waals surface area (Å²) in [5.41, 5.74) is 0. The molecule has 1 heterocycles. The van der Waals surface area contributed by atoms with Crippen LogP contribution in [0.25, 0.3) is 0 Å². The van der Waals surface area contributed by atoms with E-state index in [1.165, 1.54) is 18.9 Å². The molecular weight excluding hydrogens is 162 g/mol. The van der Waals surface area contributed by atoms with Gasteiger partial charge in [-0.05, 0) is 43.6 Å². The molecule has 1 saturated heterocycles. The van der Waals surface area contributed by atoms with Gasteiger partial charge in [0.05, 0.1) is 0 Å². The molecule has 0 aromatic carbocycles. The Labute approximate surface area is 71.8 Å². The van der Waals surface area contributed by atoms with Gasteiger partial charge >= 0.3 is 0 Å². The summed E-state index contributed by atoms with van der Waals surface area (Å²) in [5, 5.41) is -0.385. The van der Waals surface area contributed by atoms with Gasteiger partial charge in [-0.1, -0.05) is 6.08 Å². The molecule has 1 rings (SSSR count). The highest BCUT2D eigenvalue weighted by Gasteiger charge is 2.08. The summed E-state index contributed by atoms with van der Waals surface area (Å²) in [7, 11) is 0. The summed E-state index contributed by atoms with van der Waals surface area (Å²) in [4.78, 5) is 12.6. The molecule has 11 heavy (non-hydrogen) atoms. The molecule has 0 aliphatic carbocycles. The van der Waals surface area contributed by atoms with Gasteiger partial charge in [-0.25, -0.2) is 0 Å². The van der Waals surface area contributed by atoms with E-state index in [-0.39, 0.29) is 5.24 Å². The predicted octanol–water partition coefficient (Wildman–Crippen LogP) is 1.40. The molecule has 0 atom stereocenters. The molecule has 1 aliphatic rings. The quantitative estimate of drug-likeness (QED) is 0.475. The standard InChI is InChI=1S/C8H12ClNO/c9-8(11)4-3-7-10-5-1-2-6-10/h3-4H,1-2,5-7H2. The molecule has 1 fully saturated rings. The number of hydrogen-bond acceptors (Lipinski definition) is 2. The van der Waals surface area contributed by atoms with Crippen molar-refractivity contribution in [1.29, 1.82) is 0 Å². The number of nitrogens with zero attached hydrogens (tertiary/aromatic N) is 1. The van der Waals surface area contributed by atoms with E-state index in [1.807, 2.05) is 6.08 Å². The average Bonchev–Trinajstić information content (AvgIpc) is 2.39. The van der Waals surface area contributed by atoms with Gasteiger partial charge in [0.15, 0.2) is 0 Å². The third-order valence-electron chi connectivity index (χ3n) is 1.81. The Hall–Kier alpha value is -0.340. The van der Waals surface area contributed by atoms with Gasteiger partial charge in [0.1, 0.15) is 0 Å². The van der Waals surface area contributed by atoms with Gasteiger partial charge in [0.2, 0.25) is 5.24 Å². The molecule has 0 radical (unpaired) electrons. The van der Waals surface area contributed by atoms with Crippen molar-refractivity contribution in [2.45, 2.75) is 12.8 Å². The Morgan fingerprint density at radius 1 is 1.45 bits per heavy atom. The zero-order valence-corrected chi connectivity index (χ0v) is 7.18. The van der Waals surface area contributed by atoms with Crippen LogP contribution in [0.2, 0.25) is 0 Å². The van der Waals surface area contributed by atoms with Gasteiger partial charge in [0.25, 0.3) is 0 Å². The first-order valence-corrected chi connectivity index (χ1v) is 4.25. The van der Waals surface area contributed by atoms with E-state index in [0.717, 1.165) is 19.6 Å². The smallest absolute Gasteiger partial charge is 0.244 e. The van der Waals surface area contributed by atoms with E-state index in [4.69, 9.17) is 11.6 Å². The van der Waals surface area contributed by atoms with Crippen molar-refractivity contribution in [2.75, 3.05) is 19.6 Å². The summed E-state index contributed by atoms with van der Waals surface area (Å²) in [6, 6.07) is 0. The minimum absolute atomic E-state index is 0.385. The lowest BCUT2D eigenvalue weighted by molar-refractivity contribution is -0.107. The molecule has 1 aliphatic heterocycles. The summed E-state index contributed by atoms with van der Waals surface area (Å²) < 4.78 is 0. The van der Waals surface area contributed by atoms with Crippen LogP contribution >= 0.6 is 11.6 Å². The van der Waals surface area contributed by atoms with Crippen LogP contribution in [0, 0.1) is 0 Å². The van der Waals surface area contributed by atoms with Crippen LogP contribution in [0.4, 0.5) is 0 Å². The second-order valence-electron chi connectivity index (χ2n) is 2.71. The fourth-order valence-corrected chi connectivity index (χ4v) is 1.35. The van der Waals surface area contributed by atoms with Gasteiger partial charge in [-0.15, -0.1) is 0 Å². The average molecular weight is 174 g/mol. The normalized spacial score (nSPS) is 19.7. The first-order valence-electron chi connectivity index (χ1n) is 3.87. The number of halogens is 1. The third-order valence-corrected chi connectivity index (χ3v) is 1.94. The Morgan fingerprint density at radius 2 is 2.09 bits per heavy atom. The summed E-state index contributed by atoms with van der Waals surface area (Å²) >= 11 is 5.12. The van der Waals surface area contributed by atoms with E-state index in [1.54, 1.807) is 0 Å². The maximum Gasteiger partial charge on any atom is 0.244 e.